The number of benzene rings is 2. The van der Waals surface area contributed by atoms with Crippen molar-refractivity contribution in [3.05, 3.63) is 70.9 Å². The molecule has 1 heterocycles. The van der Waals surface area contributed by atoms with Crippen LogP contribution in [0.2, 0.25) is 0 Å². The van der Waals surface area contributed by atoms with E-state index in [1.165, 1.54) is 5.56 Å². The number of carbonyl (C=O) groups is 1. The van der Waals surface area contributed by atoms with Crippen molar-refractivity contribution in [1.82, 2.24) is 9.78 Å². The van der Waals surface area contributed by atoms with Gasteiger partial charge in [0.2, 0.25) is 0 Å². The van der Waals surface area contributed by atoms with E-state index in [-0.39, 0.29) is 12.0 Å². The maximum atomic E-state index is 12.9. The molecule has 1 aromatic heterocycles. The minimum atomic E-state index is -0.285. The molecule has 0 aliphatic carbocycles. The Morgan fingerprint density at radius 3 is 2.58 bits per heavy atom. The zero-order valence-corrected chi connectivity index (χ0v) is 20.0. The molecule has 3 rings (SSSR count). The van der Waals surface area contributed by atoms with Gasteiger partial charge in [-0.05, 0) is 49.7 Å². The molecule has 172 valence electrons. The Bertz CT molecular complexity index is 1190. The third kappa shape index (κ3) is 6.61. The van der Waals surface area contributed by atoms with Gasteiger partial charge in [-0.15, -0.1) is 0 Å². The van der Waals surface area contributed by atoms with Gasteiger partial charge in [0, 0.05) is 62.9 Å². The summed E-state index contributed by atoms with van der Waals surface area (Å²) in [5, 5.41) is 7.01. The molecule has 1 N–H and O–H groups in total. The first-order chi connectivity index (χ1) is 15.7. The highest BCUT2D eigenvalue weighted by Gasteiger charge is 2.13. The molecule has 0 aliphatic heterocycles. The van der Waals surface area contributed by atoms with Crippen LogP contribution in [0, 0.1) is 18.8 Å². The number of ether oxygens (including phenoxy) is 2. The van der Waals surface area contributed by atoms with E-state index in [0.29, 0.717) is 29.3 Å². The molecule has 0 fully saturated rings. The predicted octanol–water partition coefficient (Wildman–Crippen LogP) is 3.86. The van der Waals surface area contributed by atoms with Crippen LogP contribution in [0.3, 0.4) is 0 Å². The number of rotatable bonds is 7. The van der Waals surface area contributed by atoms with Crippen molar-refractivity contribution in [2.24, 2.45) is 7.05 Å². The van der Waals surface area contributed by atoms with Crippen molar-refractivity contribution in [2.75, 3.05) is 38.0 Å². The van der Waals surface area contributed by atoms with Crippen molar-refractivity contribution < 1.29 is 14.3 Å². The van der Waals surface area contributed by atoms with Gasteiger partial charge in [-0.1, -0.05) is 17.9 Å². The third-order valence-electron chi connectivity index (χ3n) is 4.90. The summed E-state index contributed by atoms with van der Waals surface area (Å²) in [6.07, 6.45) is 1.59. The van der Waals surface area contributed by atoms with Crippen molar-refractivity contribution in [2.45, 2.75) is 20.0 Å². The highest BCUT2D eigenvalue weighted by atomic mass is 16.5. The Kier molecular flexibility index (Phi) is 7.75. The largest absolute Gasteiger partial charge is 0.488 e. The number of nitrogens with one attached hydrogen (secondary N) is 1. The van der Waals surface area contributed by atoms with Crippen LogP contribution in [0.1, 0.15) is 34.0 Å². The summed E-state index contributed by atoms with van der Waals surface area (Å²) in [6, 6.07) is 13.1. The molecule has 0 saturated heterocycles. The second-order valence-corrected chi connectivity index (χ2v) is 8.10. The fourth-order valence-electron chi connectivity index (χ4n) is 3.35. The molecule has 1 amide bonds. The van der Waals surface area contributed by atoms with E-state index < -0.39 is 0 Å². The first-order valence-electron chi connectivity index (χ1n) is 10.7. The highest BCUT2D eigenvalue weighted by molar-refractivity contribution is 6.04. The number of nitrogens with zero attached hydrogens (tertiary/aromatic N) is 3. The summed E-state index contributed by atoms with van der Waals surface area (Å²) >= 11 is 0. The predicted molar refractivity (Wildman–Crippen MR) is 131 cm³/mol. The number of hydrogen-bond donors (Lipinski definition) is 1. The van der Waals surface area contributed by atoms with Crippen LogP contribution in [-0.4, -0.2) is 49.6 Å². The zero-order chi connectivity index (χ0) is 24.0. The molecular weight excluding hydrogens is 416 g/mol. The van der Waals surface area contributed by atoms with E-state index in [9.17, 15) is 4.79 Å². The molecular formula is C26H30N4O3. The number of aryl methyl sites for hydroxylation is 2. The van der Waals surface area contributed by atoms with E-state index in [2.05, 4.69) is 46.2 Å². The van der Waals surface area contributed by atoms with Gasteiger partial charge in [0.15, 0.2) is 5.82 Å². The maximum Gasteiger partial charge on any atom is 0.257 e. The average Bonchev–Trinajstić information content (AvgIpc) is 3.17. The standard InChI is InChI=1S/C26H30N4O3/c1-18-7-8-20(15-24(18)29(3)4)9-10-21-13-22(16-23(14-21)33-19(2)17-32-6)26(31)27-25-11-12-30(5)28-25/h7-8,11-16,19H,17H2,1-6H3,(H,27,28,31)/t19-/m0/s1. The first kappa shape index (κ1) is 23.9. The molecule has 0 unspecified atom stereocenters. The summed E-state index contributed by atoms with van der Waals surface area (Å²) in [7, 11) is 7.43. The number of carbonyl (C=O) groups excluding carboxylic acids is 1. The van der Waals surface area contributed by atoms with E-state index in [0.717, 1.165) is 11.3 Å². The Balaban J connectivity index is 1.93. The SMILES string of the molecule is COC[C@H](C)Oc1cc(C#Cc2ccc(C)c(N(C)C)c2)cc(C(=O)Nc2ccn(C)n2)c1. The van der Waals surface area contributed by atoms with Crippen molar-refractivity contribution in [3.8, 4) is 17.6 Å². The summed E-state index contributed by atoms with van der Waals surface area (Å²) in [5.41, 5.74) is 4.30. The Labute approximate surface area is 195 Å². The highest BCUT2D eigenvalue weighted by Crippen LogP contribution is 2.21. The minimum absolute atomic E-state index is 0.176. The second-order valence-electron chi connectivity index (χ2n) is 8.10. The van der Waals surface area contributed by atoms with Gasteiger partial charge in [-0.3, -0.25) is 9.48 Å². The van der Waals surface area contributed by atoms with E-state index in [4.69, 9.17) is 9.47 Å². The first-order valence-corrected chi connectivity index (χ1v) is 10.7. The summed E-state index contributed by atoms with van der Waals surface area (Å²) in [4.78, 5) is 14.9. The Hall–Kier alpha value is -3.76. The van der Waals surface area contributed by atoms with E-state index >= 15 is 0 Å². The molecule has 0 bridgehead atoms. The second kappa shape index (κ2) is 10.7. The molecule has 2 aromatic carbocycles. The van der Waals surface area contributed by atoms with E-state index in [1.54, 1.807) is 43.2 Å². The molecule has 7 heteroatoms. The van der Waals surface area contributed by atoms with Crippen LogP contribution >= 0.6 is 0 Å². The van der Waals surface area contributed by atoms with E-state index in [1.807, 2.05) is 33.2 Å². The third-order valence-corrected chi connectivity index (χ3v) is 4.90. The number of amides is 1. The zero-order valence-electron chi connectivity index (χ0n) is 20.0. The monoisotopic (exact) mass is 446 g/mol. The van der Waals surface area contributed by atoms with Gasteiger partial charge >= 0.3 is 0 Å². The molecule has 33 heavy (non-hydrogen) atoms. The van der Waals surface area contributed by atoms with Crippen LogP contribution in [0.5, 0.6) is 5.75 Å². The molecule has 3 aromatic rings. The fourth-order valence-corrected chi connectivity index (χ4v) is 3.35. The van der Waals surface area contributed by atoms with Gasteiger partial charge < -0.3 is 19.7 Å². The minimum Gasteiger partial charge on any atom is -0.488 e. The lowest BCUT2D eigenvalue weighted by atomic mass is 10.1. The Morgan fingerprint density at radius 2 is 1.91 bits per heavy atom. The number of aromatic nitrogens is 2. The Morgan fingerprint density at radius 1 is 1.15 bits per heavy atom. The van der Waals surface area contributed by atoms with Gasteiger partial charge in [-0.2, -0.15) is 5.10 Å². The fraction of sp³-hybridized carbons (Fsp3) is 0.308. The number of hydrogen-bond acceptors (Lipinski definition) is 5. The summed E-state index contributed by atoms with van der Waals surface area (Å²) in [5.74, 6) is 7.12. The summed E-state index contributed by atoms with van der Waals surface area (Å²) in [6.45, 7) is 4.41. The number of methoxy groups -OCH3 is 1. The van der Waals surface area contributed by atoms with Crippen molar-refractivity contribution in [1.29, 1.82) is 0 Å². The smallest absolute Gasteiger partial charge is 0.257 e. The maximum absolute atomic E-state index is 12.9. The van der Waals surface area contributed by atoms with Gasteiger partial charge in [0.05, 0.1) is 6.61 Å². The molecule has 0 spiro atoms. The topological polar surface area (TPSA) is 68.6 Å². The van der Waals surface area contributed by atoms with Gasteiger partial charge in [0.25, 0.3) is 5.91 Å². The molecule has 7 nitrogen and oxygen atoms in total. The lowest BCUT2D eigenvalue weighted by molar-refractivity contribution is 0.0917. The van der Waals surface area contributed by atoms with Gasteiger partial charge in [0.1, 0.15) is 11.9 Å². The van der Waals surface area contributed by atoms with Crippen LogP contribution < -0.4 is 15.0 Å². The lowest BCUT2D eigenvalue weighted by Crippen LogP contribution is -2.19. The van der Waals surface area contributed by atoms with Gasteiger partial charge in [-0.25, -0.2) is 0 Å². The van der Waals surface area contributed by atoms with Crippen LogP contribution in [0.15, 0.2) is 48.7 Å². The molecule has 1 atom stereocenters. The lowest BCUT2D eigenvalue weighted by Gasteiger charge is -2.15. The molecule has 0 aliphatic rings. The quantitative estimate of drug-likeness (QED) is 0.558. The molecule has 0 radical (unpaired) electrons. The average molecular weight is 447 g/mol. The molecule has 0 saturated carbocycles. The van der Waals surface area contributed by atoms with Crippen LogP contribution in [-0.2, 0) is 11.8 Å². The number of anilines is 2. The van der Waals surface area contributed by atoms with Crippen LogP contribution in [0.4, 0.5) is 11.5 Å². The normalized spacial score (nSPS) is 11.3. The van der Waals surface area contributed by atoms with Crippen molar-refractivity contribution >= 4 is 17.4 Å². The van der Waals surface area contributed by atoms with Crippen LogP contribution in [0.25, 0.3) is 0 Å². The summed E-state index contributed by atoms with van der Waals surface area (Å²) < 4.78 is 12.8. The van der Waals surface area contributed by atoms with Crippen molar-refractivity contribution in [3.63, 3.8) is 0 Å².